The Hall–Kier alpha value is -1.46. The van der Waals surface area contributed by atoms with Crippen LogP contribution in [0.2, 0.25) is 0 Å². The van der Waals surface area contributed by atoms with Gasteiger partial charge in [-0.15, -0.1) is 0 Å². The van der Waals surface area contributed by atoms with E-state index in [0.29, 0.717) is 10.9 Å². The third kappa shape index (κ3) is 2.30. The molecule has 0 bridgehead atoms. The molecule has 0 N–H and O–H groups in total. The van der Waals surface area contributed by atoms with E-state index in [-0.39, 0.29) is 0 Å². The smallest absolute Gasteiger partial charge is 0.279 e. The number of thiazole rings is 1. The van der Waals surface area contributed by atoms with Crippen LogP contribution in [0.25, 0.3) is 10.9 Å². The minimum Gasteiger partial charge on any atom is -0.429 e. The molecule has 0 fully saturated rings. The van der Waals surface area contributed by atoms with Gasteiger partial charge < -0.3 is 4.74 Å². The van der Waals surface area contributed by atoms with Gasteiger partial charge in [-0.1, -0.05) is 29.5 Å². The first kappa shape index (κ1) is 10.7. The molecular formula is C12H7BrN2OS. The molecule has 3 aromatic rings. The fourth-order valence-electron chi connectivity index (χ4n) is 1.49. The van der Waals surface area contributed by atoms with Crippen molar-refractivity contribution in [1.82, 2.24) is 9.97 Å². The summed E-state index contributed by atoms with van der Waals surface area (Å²) in [6.07, 6.45) is 1.71. The second-order valence-electron chi connectivity index (χ2n) is 3.40. The molecule has 0 aliphatic carbocycles. The van der Waals surface area contributed by atoms with Gasteiger partial charge in [0.2, 0.25) is 0 Å². The molecule has 2 heterocycles. The van der Waals surface area contributed by atoms with Crippen LogP contribution < -0.4 is 4.74 Å². The summed E-state index contributed by atoms with van der Waals surface area (Å²) in [7, 11) is 0. The lowest BCUT2D eigenvalue weighted by atomic mass is 10.2. The molecule has 3 rings (SSSR count). The van der Waals surface area contributed by atoms with Gasteiger partial charge in [-0.3, -0.25) is 4.98 Å². The van der Waals surface area contributed by atoms with Crippen molar-refractivity contribution >= 4 is 38.2 Å². The zero-order valence-electron chi connectivity index (χ0n) is 8.63. The Morgan fingerprint density at radius 3 is 2.94 bits per heavy atom. The van der Waals surface area contributed by atoms with E-state index < -0.39 is 0 Å². The highest BCUT2D eigenvalue weighted by Gasteiger charge is 2.03. The molecule has 0 aliphatic heterocycles. The van der Waals surface area contributed by atoms with Crippen LogP contribution in [0.15, 0.2) is 46.5 Å². The number of nitrogens with zero attached hydrogens (tertiary/aromatic N) is 2. The van der Waals surface area contributed by atoms with Crippen LogP contribution in [0.5, 0.6) is 10.9 Å². The van der Waals surface area contributed by atoms with E-state index in [1.165, 1.54) is 11.3 Å². The fourth-order valence-corrected chi connectivity index (χ4v) is 2.60. The van der Waals surface area contributed by atoms with Crippen LogP contribution in [0.3, 0.4) is 0 Å². The molecule has 0 aliphatic rings. The van der Waals surface area contributed by atoms with Crippen molar-refractivity contribution in [1.29, 1.82) is 0 Å². The standard InChI is InChI=1S/C12H7BrN2OS/c13-11-7-17-12(15-11)16-9-5-8-3-1-2-4-10(8)14-6-9/h1-7H. The maximum Gasteiger partial charge on any atom is 0.279 e. The number of rotatable bonds is 2. The number of para-hydroxylation sites is 1. The summed E-state index contributed by atoms with van der Waals surface area (Å²) < 4.78 is 6.41. The molecule has 17 heavy (non-hydrogen) atoms. The highest BCUT2D eigenvalue weighted by atomic mass is 79.9. The van der Waals surface area contributed by atoms with Crippen molar-refractivity contribution in [2.24, 2.45) is 0 Å². The van der Waals surface area contributed by atoms with Crippen LogP contribution >= 0.6 is 27.3 Å². The van der Waals surface area contributed by atoms with E-state index in [0.717, 1.165) is 15.5 Å². The molecule has 5 heteroatoms. The average molecular weight is 307 g/mol. The Morgan fingerprint density at radius 1 is 1.24 bits per heavy atom. The van der Waals surface area contributed by atoms with Crippen molar-refractivity contribution < 1.29 is 4.74 Å². The van der Waals surface area contributed by atoms with Crippen molar-refractivity contribution in [3.63, 3.8) is 0 Å². The van der Waals surface area contributed by atoms with Gasteiger partial charge in [0.25, 0.3) is 5.19 Å². The maximum absolute atomic E-state index is 5.62. The van der Waals surface area contributed by atoms with Gasteiger partial charge in [-0.05, 0) is 28.1 Å². The SMILES string of the molecule is Brc1csc(Oc2cnc3ccccc3c2)n1. The van der Waals surface area contributed by atoms with Crippen molar-refractivity contribution in [3.05, 3.63) is 46.5 Å². The minimum absolute atomic E-state index is 0.606. The molecule has 0 saturated carbocycles. The van der Waals surface area contributed by atoms with E-state index in [2.05, 4.69) is 25.9 Å². The Labute approximate surface area is 110 Å². The number of hydrogen-bond donors (Lipinski definition) is 0. The Balaban J connectivity index is 1.95. The third-order valence-electron chi connectivity index (χ3n) is 2.23. The fraction of sp³-hybridized carbons (Fsp3) is 0. The Morgan fingerprint density at radius 2 is 2.12 bits per heavy atom. The summed E-state index contributed by atoms with van der Waals surface area (Å²) in [5, 5.41) is 3.54. The number of ether oxygens (including phenoxy) is 1. The zero-order valence-corrected chi connectivity index (χ0v) is 11.0. The summed E-state index contributed by atoms with van der Waals surface area (Å²) in [5.74, 6) is 0.700. The summed E-state index contributed by atoms with van der Waals surface area (Å²) in [6, 6.07) is 9.88. The number of hydrogen-bond acceptors (Lipinski definition) is 4. The predicted octanol–water partition coefficient (Wildman–Crippen LogP) is 4.25. The number of fused-ring (bicyclic) bond motifs is 1. The van der Waals surface area contributed by atoms with Gasteiger partial charge in [0, 0.05) is 10.8 Å². The lowest BCUT2D eigenvalue weighted by Crippen LogP contribution is -1.85. The molecular weight excluding hydrogens is 300 g/mol. The van der Waals surface area contributed by atoms with E-state index in [1.54, 1.807) is 6.20 Å². The summed E-state index contributed by atoms with van der Waals surface area (Å²) in [4.78, 5) is 8.50. The van der Waals surface area contributed by atoms with Crippen molar-refractivity contribution in [2.45, 2.75) is 0 Å². The van der Waals surface area contributed by atoms with Crippen LogP contribution in [0.1, 0.15) is 0 Å². The maximum atomic E-state index is 5.62. The Kier molecular flexibility index (Phi) is 2.78. The monoisotopic (exact) mass is 306 g/mol. The van der Waals surface area contributed by atoms with Gasteiger partial charge >= 0.3 is 0 Å². The molecule has 0 saturated heterocycles. The van der Waals surface area contributed by atoms with Gasteiger partial charge in [0.15, 0.2) is 0 Å². The van der Waals surface area contributed by atoms with Crippen LogP contribution in [-0.4, -0.2) is 9.97 Å². The van der Waals surface area contributed by atoms with Gasteiger partial charge in [-0.2, -0.15) is 4.98 Å². The molecule has 0 amide bonds. The summed E-state index contributed by atoms with van der Waals surface area (Å²) in [6.45, 7) is 0. The number of pyridine rings is 1. The number of aromatic nitrogens is 2. The number of halogens is 1. The van der Waals surface area contributed by atoms with Gasteiger partial charge in [0.1, 0.15) is 10.4 Å². The topological polar surface area (TPSA) is 35.0 Å². The lowest BCUT2D eigenvalue weighted by Gasteiger charge is -2.02. The second kappa shape index (κ2) is 4.43. The van der Waals surface area contributed by atoms with Gasteiger partial charge in [0.05, 0.1) is 11.7 Å². The van der Waals surface area contributed by atoms with E-state index in [1.807, 2.05) is 35.7 Å². The summed E-state index contributed by atoms with van der Waals surface area (Å²) in [5.41, 5.74) is 0.958. The van der Waals surface area contributed by atoms with E-state index in [9.17, 15) is 0 Å². The molecule has 2 aromatic heterocycles. The molecule has 3 nitrogen and oxygen atoms in total. The number of benzene rings is 1. The van der Waals surface area contributed by atoms with Crippen molar-refractivity contribution in [2.75, 3.05) is 0 Å². The van der Waals surface area contributed by atoms with E-state index >= 15 is 0 Å². The molecule has 0 spiro atoms. The van der Waals surface area contributed by atoms with Crippen LogP contribution in [0, 0.1) is 0 Å². The molecule has 0 unspecified atom stereocenters. The van der Waals surface area contributed by atoms with Crippen LogP contribution in [0.4, 0.5) is 0 Å². The predicted molar refractivity (Wildman–Crippen MR) is 71.6 cm³/mol. The first-order chi connectivity index (χ1) is 8.31. The molecule has 0 radical (unpaired) electrons. The second-order valence-corrected chi connectivity index (χ2v) is 5.04. The summed E-state index contributed by atoms with van der Waals surface area (Å²) >= 11 is 4.73. The lowest BCUT2D eigenvalue weighted by molar-refractivity contribution is 0.477. The zero-order chi connectivity index (χ0) is 11.7. The highest BCUT2D eigenvalue weighted by molar-refractivity contribution is 9.10. The largest absolute Gasteiger partial charge is 0.429 e. The molecule has 0 atom stereocenters. The quantitative estimate of drug-likeness (QED) is 0.710. The first-order valence-electron chi connectivity index (χ1n) is 4.95. The van der Waals surface area contributed by atoms with Crippen molar-refractivity contribution in [3.8, 4) is 10.9 Å². The molecule has 84 valence electrons. The minimum atomic E-state index is 0.606. The Bertz CT molecular complexity index is 668. The van der Waals surface area contributed by atoms with E-state index in [4.69, 9.17) is 4.74 Å². The highest BCUT2D eigenvalue weighted by Crippen LogP contribution is 2.28. The normalized spacial score (nSPS) is 10.6. The molecule has 1 aromatic carbocycles. The average Bonchev–Trinajstić information content (AvgIpc) is 2.75. The van der Waals surface area contributed by atoms with Crippen LogP contribution in [-0.2, 0) is 0 Å². The third-order valence-corrected chi connectivity index (χ3v) is 3.65. The first-order valence-corrected chi connectivity index (χ1v) is 6.62. The van der Waals surface area contributed by atoms with Gasteiger partial charge in [-0.25, -0.2) is 0 Å².